The molecule has 1 fully saturated rings. The molecular formula is C9H19NO3S. The van der Waals surface area contributed by atoms with Crippen LogP contribution in [0.3, 0.4) is 0 Å². The summed E-state index contributed by atoms with van der Waals surface area (Å²) in [5.74, 6) is -0.135. The van der Waals surface area contributed by atoms with Gasteiger partial charge in [0.05, 0.1) is 12.4 Å². The molecule has 1 heterocycles. The van der Waals surface area contributed by atoms with E-state index < -0.39 is 10.0 Å². The number of rotatable bonds is 4. The lowest BCUT2D eigenvalue weighted by Crippen LogP contribution is -2.44. The fourth-order valence-electron chi connectivity index (χ4n) is 1.98. The van der Waals surface area contributed by atoms with Gasteiger partial charge in [-0.1, -0.05) is 13.3 Å². The Kier molecular flexibility index (Phi) is 4.34. The molecule has 0 spiro atoms. The van der Waals surface area contributed by atoms with E-state index in [1.54, 1.807) is 4.31 Å². The quantitative estimate of drug-likeness (QED) is 0.755. The Morgan fingerprint density at radius 1 is 1.43 bits per heavy atom. The van der Waals surface area contributed by atoms with Crippen LogP contribution in [-0.4, -0.2) is 42.8 Å². The lowest BCUT2D eigenvalue weighted by molar-refractivity contribution is 0.242. The highest BCUT2D eigenvalue weighted by Gasteiger charge is 2.30. The van der Waals surface area contributed by atoms with Gasteiger partial charge in [-0.05, 0) is 19.3 Å². The summed E-state index contributed by atoms with van der Waals surface area (Å²) < 4.78 is 25.0. The molecule has 0 radical (unpaired) electrons. The zero-order chi connectivity index (χ0) is 10.6. The molecule has 0 amide bonds. The lowest BCUT2D eigenvalue weighted by Gasteiger charge is -2.33. The minimum absolute atomic E-state index is 0.135. The topological polar surface area (TPSA) is 57.6 Å². The Balaban J connectivity index is 2.72. The molecule has 1 N–H and O–H groups in total. The maximum absolute atomic E-state index is 11.7. The standard InChI is InChI=1S/C9H19NO3S/c1-2-9-5-3-4-6-10(9)14(12,13)8-7-11/h9,11H,2-8H2,1H3. The zero-order valence-electron chi connectivity index (χ0n) is 8.65. The number of aliphatic hydroxyl groups excluding tert-OH is 1. The van der Waals surface area contributed by atoms with Crippen LogP contribution >= 0.6 is 0 Å². The smallest absolute Gasteiger partial charge is 0.216 e. The van der Waals surface area contributed by atoms with Gasteiger partial charge in [0.2, 0.25) is 10.0 Å². The first-order valence-corrected chi connectivity index (χ1v) is 6.83. The Hall–Kier alpha value is -0.130. The largest absolute Gasteiger partial charge is 0.395 e. The lowest BCUT2D eigenvalue weighted by atomic mass is 10.0. The third-order valence-corrected chi connectivity index (χ3v) is 4.64. The van der Waals surface area contributed by atoms with Crippen LogP contribution in [0.15, 0.2) is 0 Å². The van der Waals surface area contributed by atoms with Gasteiger partial charge < -0.3 is 5.11 Å². The third-order valence-electron chi connectivity index (χ3n) is 2.75. The maximum Gasteiger partial charge on any atom is 0.216 e. The van der Waals surface area contributed by atoms with Gasteiger partial charge in [0.1, 0.15) is 0 Å². The van der Waals surface area contributed by atoms with Gasteiger partial charge in [-0.15, -0.1) is 0 Å². The minimum Gasteiger partial charge on any atom is -0.395 e. The van der Waals surface area contributed by atoms with Crippen molar-refractivity contribution in [3.05, 3.63) is 0 Å². The van der Waals surface area contributed by atoms with E-state index in [0.717, 1.165) is 25.7 Å². The van der Waals surface area contributed by atoms with E-state index in [1.807, 2.05) is 6.92 Å². The van der Waals surface area contributed by atoms with Crippen molar-refractivity contribution in [3.63, 3.8) is 0 Å². The molecule has 0 aromatic carbocycles. The third kappa shape index (κ3) is 2.68. The zero-order valence-corrected chi connectivity index (χ0v) is 9.46. The summed E-state index contributed by atoms with van der Waals surface area (Å²) in [7, 11) is -3.21. The van der Waals surface area contributed by atoms with Crippen LogP contribution in [0, 0.1) is 0 Å². The highest BCUT2D eigenvalue weighted by Crippen LogP contribution is 2.22. The summed E-state index contributed by atoms with van der Waals surface area (Å²) >= 11 is 0. The molecule has 1 aliphatic rings. The van der Waals surface area contributed by atoms with Crippen molar-refractivity contribution in [2.45, 2.75) is 38.6 Å². The summed E-state index contributed by atoms with van der Waals surface area (Å²) in [6, 6.07) is 0.153. The number of nitrogens with zero attached hydrogens (tertiary/aromatic N) is 1. The van der Waals surface area contributed by atoms with Crippen LogP contribution in [-0.2, 0) is 10.0 Å². The Morgan fingerprint density at radius 3 is 2.71 bits per heavy atom. The van der Waals surface area contributed by atoms with Crippen LogP contribution in [0.5, 0.6) is 0 Å². The van der Waals surface area contributed by atoms with Crippen molar-refractivity contribution >= 4 is 10.0 Å². The molecule has 14 heavy (non-hydrogen) atoms. The number of sulfonamides is 1. The second-order valence-electron chi connectivity index (χ2n) is 3.71. The van der Waals surface area contributed by atoms with Crippen LogP contribution in [0.25, 0.3) is 0 Å². The average Bonchev–Trinajstić information content (AvgIpc) is 2.18. The highest BCUT2D eigenvalue weighted by molar-refractivity contribution is 7.89. The van der Waals surface area contributed by atoms with E-state index in [4.69, 9.17) is 5.11 Å². The SMILES string of the molecule is CCC1CCCCN1S(=O)(=O)CCO. The molecule has 0 aromatic heterocycles. The Bertz CT molecular complexity index is 263. The van der Waals surface area contributed by atoms with Crippen molar-refractivity contribution in [3.8, 4) is 0 Å². The van der Waals surface area contributed by atoms with Gasteiger partial charge in [-0.2, -0.15) is 4.31 Å². The number of hydrogen-bond acceptors (Lipinski definition) is 3. The second kappa shape index (κ2) is 5.09. The van der Waals surface area contributed by atoms with Gasteiger partial charge in [0, 0.05) is 12.6 Å². The van der Waals surface area contributed by atoms with Gasteiger partial charge in [0.15, 0.2) is 0 Å². The average molecular weight is 221 g/mol. The van der Waals surface area contributed by atoms with Crippen LogP contribution in [0.1, 0.15) is 32.6 Å². The van der Waals surface area contributed by atoms with Gasteiger partial charge in [-0.25, -0.2) is 8.42 Å². The van der Waals surface area contributed by atoms with Gasteiger partial charge in [-0.3, -0.25) is 0 Å². The first-order valence-electron chi connectivity index (χ1n) is 5.22. The fourth-order valence-corrected chi connectivity index (χ4v) is 3.56. The number of aliphatic hydroxyl groups is 1. The molecule has 1 aliphatic heterocycles. The number of hydrogen-bond donors (Lipinski definition) is 1. The summed E-state index contributed by atoms with van der Waals surface area (Å²) in [5.41, 5.74) is 0. The minimum atomic E-state index is -3.21. The highest BCUT2D eigenvalue weighted by atomic mass is 32.2. The first kappa shape index (κ1) is 11.9. The van der Waals surface area contributed by atoms with E-state index in [0.29, 0.717) is 6.54 Å². The van der Waals surface area contributed by atoms with E-state index in [-0.39, 0.29) is 18.4 Å². The van der Waals surface area contributed by atoms with Crippen molar-refractivity contribution in [1.82, 2.24) is 4.31 Å². The van der Waals surface area contributed by atoms with Crippen molar-refractivity contribution in [2.24, 2.45) is 0 Å². The van der Waals surface area contributed by atoms with Crippen LogP contribution in [0.2, 0.25) is 0 Å². The Morgan fingerprint density at radius 2 is 2.14 bits per heavy atom. The molecule has 4 nitrogen and oxygen atoms in total. The molecule has 1 atom stereocenters. The van der Waals surface area contributed by atoms with Gasteiger partial charge in [0.25, 0.3) is 0 Å². The molecule has 0 saturated carbocycles. The van der Waals surface area contributed by atoms with Crippen LogP contribution in [0.4, 0.5) is 0 Å². The second-order valence-corrected chi connectivity index (χ2v) is 5.75. The molecule has 0 bridgehead atoms. The number of piperidine rings is 1. The Labute approximate surface area is 86.0 Å². The van der Waals surface area contributed by atoms with E-state index >= 15 is 0 Å². The first-order chi connectivity index (χ1) is 6.61. The summed E-state index contributed by atoms with van der Waals surface area (Å²) in [6.45, 7) is 2.35. The summed E-state index contributed by atoms with van der Waals surface area (Å²) in [6.07, 6.45) is 3.89. The monoisotopic (exact) mass is 221 g/mol. The molecule has 0 aliphatic carbocycles. The maximum atomic E-state index is 11.7. The predicted octanol–water partition coefficient (Wildman–Crippen LogP) is 0.573. The fraction of sp³-hybridized carbons (Fsp3) is 1.00. The normalized spacial score (nSPS) is 25.1. The summed E-state index contributed by atoms with van der Waals surface area (Å²) in [4.78, 5) is 0. The molecular weight excluding hydrogens is 202 g/mol. The van der Waals surface area contributed by atoms with Crippen molar-refractivity contribution in [2.75, 3.05) is 18.9 Å². The van der Waals surface area contributed by atoms with Crippen molar-refractivity contribution in [1.29, 1.82) is 0 Å². The van der Waals surface area contributed by atoms with E-state index in [2.05, 4.69) is 0 Å². The molecule has 1 unspecified atom stereocenters. The van der Waals surface area contributed by atoms with Crippen molar-refractivity contribution < 1.29 is 13.5 Å². The molecule has 0 aromatic rings. The van der Waals surface area contributed by atoms with E-state index in [1.165, 1.54) is 0 Å². The predicted molar refractivity (Wildman–Crippen MR) is 55.5 cm³/mol. The van der Waals surface area contributed by atoms with Crippen LogP contribution < -0.4 is 0 Å². The van der Waals surface area contributed by atoms with Gasteiger partial charge >= 0.3 is 0 Å². The molecule has 5 heteroatoms. The molecule has 1 saturated heterocycles. The van der Waals surface area contributed by atoms with E-state index in [9.17, 15) is 8.42 Å². The molecule has 84 valence electrons. The molecule has 1 rings (SSSR count). The summed E-state index contributed by atoms with van der Waals surface area (Å²) in [5, 5.41) is 8.69.